The monoisotopic (exact) mass is 368 g/mol. The molecule has 0 saturated carbocycles. The van der Waals surface area contributed by atoms with E-state index < -0.39 is 0 Å². The Bertz CT molecular complexity index is 1020. The largest absolute Gasteiger partial charge is 0.467 e. The predicted octanol–water partition coefficient (Wildman–Crippen LogP) is 4.48. The van der Waals surface area contributed by atoms with Crippen LogP contribution in [0.3, 0.4) is 0 Å². The van der Waals surface area contributed by atoms with Gasteiger partial charge in [0.25, 0.3) is 5.91 Å². The van der Waals surface area contributed by atoms with Crippen molar-refractivity contribution in [2.24, 2.45) is 7.05 Å². The Balaban J connectivity index is 1.72. The molecule has 1 aliphatic heterocycles. The molecule has 25 heavy (non-hydrogen) atoms. The van der Waals surface area contributed by atoms with Crippen LogP contribution < -0.4 is 0 Å². The lowest BCUT2D eigenvalue weighted by Gasteiger charge is -2.11. The van der Waals surface area contributed by atoms with Crippen molar-refractivity contribution in [1.82, 2.24) is 9.47 Å². The van der Waals surface area contributed by atoms with Crippen LogP contribution in [0.4, 0.5) is 0 Å². The normalized spacial score (nSPS) is 16.6. The topological polar surface area (TPSA) is 38.4 Å². The molecule has 1 aromatic carbocycles. The molecule has 1 saturated heterocycles. The van der Waals surface area contributed by atoms with E-state index in [0.717, 1.165) is 27.9 Å². The Morgan fingerprint density at radius 1 is 1.24 bits per heavy atom. The molecule has 4 nitrogen and oxygen atoms in total. The zero-order valence-corrected chi connectivity index (χ0v) is 15.5. The van der Waals surface area contributed by atoms with Crippen LogP contribution in [-0.4, -0.2) is 19.7 Å². The number of furan rings is 1. The predicted molar refractivity (Wildman–Crippen MR) is 105 cm³/mol. The first-order valence-electron chi connectivity index (χ1n) is 7.88. The minimum absolute atomic E-state index is 0.0706. The van der Waals surface area contributed by atoms with Crippen molar-refractivity contribution in [2.75, 3.05) is 0 Å². The first-order valence-corrected chi connectivity index (χ1v) is 9.10. The third-order valence-corrected chi connectivity index (χ3v) is 5.87. The van der Waals surface area contributed by atoms with Gasteiger partial charge < -0.3 is 8.98 Å². The van der Waals surface area contributed by atoms with Gasteiger partial charge in [-0.15, -0.1) is 0 Å². The fraction of sp³-hybridized carbons (Fsp3) is 0.158. The van der Waals surface area contributed by atoms with Crippen LogP contribution in [0.25, 0.3) is 17.0 Å². The molecule has 6 heteroatoms. The number of rotatable bonds is 3. The van der Waals surface area contributed by atoms with Crippen molar-refractivity contribution in [3.8, 4) is 0 Å². The maximum absolute atomic E-state index is 12.8. The highest BCUT2D eigenvalue weighted by molar-refractivity contribution is 8.26. The van der Waals surface area contributed by atoms with Crippen molar-refractivity contribution >= 4 is 51.2 Å². The molecule has 3 aromatic rings. The second-order valence-electron chi connectivity index (χ2n) is 5.92. The number of nitrogens with zero attached hydrogens (tertiary/aromatic N) is 2. The third-order valence-electron chi connectivity index (χ3n) is 4.49. The SMILES string of the molecule is Cc1c(/C=C2\SC(=S)N(Cc3ccco3)C2=O)c2ccccc2n1C. The maximum atomic E-state index is 12.8. The molecule has 2 aromatic heterocycles. The number of hydrogen-bond acceptors (Lipinski definition) is 4. The molecule has 3 heterocycles. The Morgan fingerprint density at radius 3 is 2.80 bits per heavy atom. The van der Waals surface area contributed by atoms with Crippen LogP contribution in [0, 0.1) is 6.92 Å². The number of carbonyl (C=O) groups is 1. The van der Waals surface area contributed by atoms with Crippen LogP contribution in [0.1, 0.15) is 17.0 Å². The second kappa shape index (κ2) is 6.20. The molecule has 0 N–H and O–H groups in total. The highest BCUT2D eigenvalue weighted by Gasteiger charge is 2.33. The summed E-state index contributed by atoms with van der Waals surface area (Å²) in [7, 11) is 2.04. The van der Waals surface area contributed by atoms with Crippen LogP contribution >= 0.6 is 24.0 Å². The smallest absolute Gasteiger partial charge is 0.266 e. The Kier molecular flexibility index (Phi) is 4.01. The zero-order chi connectivity index (χ0) is 17.6. The minimum Gasteiger partial charge on any atom is -0.467 e. The summed E-state index contributed by atoms with van der Waals surface area (Å²) in [5.74, 6) is 0.651. The summed E-state index contributed by atoms with van der Waals surface area (Å²) in [4.78, 5) is 15.0. The lowest BCUT2D eigenvalue weighted by Crippen LogP contribution is -2.27. The quantitative estimate of drug-likeness (QED) is 0.505. The fourth-order valence-electron chi connectivity index (χ4n) is 3.06. The minimum atomic E-state index is -0.0706. The van der Waals surface area contributed by atoms with E-state index in [1.165, 1.54) is 11.8 Å². The number of thioether (sulfide) groups is 1. The van der Waals surface area contributed by atoms with E-state index in [2.05, 4.69) is 23.6 Å². The molecule has 126 valence electrons. The van der Waals surface area contributed by atoms with Crippen LogP contribution in [-0.2, 0) is 18.4 Å². The molecule has 4 rings (SSSR count). The van der Waals surface area contributed by atoms with E-state index in [1.54, 1.807) is 11.2 Å². The number of aryl methyl sites for hydroxylation is 1. The average Bonchev–Trinajstić information content (AvgIpc) is 3.28. The van der Waals surface area contributed by atoms with Crippen LogP contribution in [0.2, 0.25) is 0 Å². The Labute approximate surface area is 155 Å². The van der Waals surface area contributed by atoms with Crippen LogP contribution in [0.5, 0.6) is 0 Å². The summed E-state index contributed by atoms with van der Waals surface area (Å²) in [5.41, 5.74) is 3.34. The molecule has 0 bridgehead atoms. The van der Waals surface area contributed by atoms with Gasteiger partial charge >= 0.3 is 0 Å². The summed E-state index contributed by atoms with van der Waals surface area (Å²) in [5, 5.41) is 1.14. The van der Waals surface area contributed by atoms with Gasteiger partial charge in [-0.25, -0.2) is 0 Å². The summed E-state index contributed by atoms with van der Waals surface area (Å²) < 4.78 is 8.04. The summed E-state index contributed by atoms with van der Waals surface area (Å²) in [6.45, 7) is 2.43. The Morgan fingerprint density at radius 2 is 2.04 bits per heavy atom. The van der Waals surface area contributed by atoms with E-state index in [9.17, 15) is 4.79 Å². The number of amides is 1. The van der Waals surface area contributed by atoms with E-state index in [-0.39, 0.29) is 5.91 Å². The maximum Gasteiger partial charge on any atom is 0.266 e. The van der Waals surface area contributed by atoms with Gasteiger partial charge in [0.2, 0.25) is 0 Å². The summed E-state index contributed by atoms with van der Waals surface area (Å²) in [6.07, 6.45) is 3.56. The van der Waals surface area contributed by atoms with E-state index in [0.29, 0.717) is 15.8 Å². The number of para-hydroxylation sites is 1. The van der Waals surface area contributed by atoms with E-state index in [4.69, 9.17) is 16.6 Å². The van der Waals surface area contributed by atoms with Gasteiger partial charge in [0.1, 0.15) is 10.1 Å². The fourth-order valence-corrected chi connectivity index (χ4v) is 4.29. The van der Waals surface area contributed by atoms with Gasteiger partial charge in [0.15, 0.2) is 0 Å². The second-order valence-corrected chi connectivity index (χ2v) is 7.60. The van der Waals surface area contributed by atoms with Gasteiger partial charge in [-0.3, -0.25) is 9.69 Å². The molecular weight excluding hydrogens is 352 g/mol. The van der Waals surface area contributed by atoms with Gasteiger partial charge in [-0.1, -0.05) is 42.2 Å². The number of aromatic nitrogens is 1. The third kappa shape index (κ3) is 2.71. The number of benzene rings is 1. The van der Waals surface area contributed by atoms with E-state index >= 15 is 0 Å². The highest BCUT2D eigenvalue weighted by atomic mass is 32.2. The molecule has 0 unspecified atom stereocenters. The van der Waals surface area contributed by atoms with Gasteiger partial charge in [0, 0.05) is 29.2 Å². The standard InChI is InChI=1S/C19H16N2O2S2/c1-12-15(14-7-3-4-8-16(14)20(12)2)10-17-18(22)21(19(24)25-17)11-13-6-5-9-23-13/h3-10H,11H2,1-2H3/b17-10-. The molecule has 0 atom stereocenters. The zero-order valence-electron chi connectivity index (χ0n) is 13.9. The van der Waals surface area contributed by atoms with Gasteiger partial charge in [-0.2, -0.15) is 0 Å². The Hall–Kier alpha value is -2.31. The highest BCUT2D eigenvalue weighted by Crippen LogP contribution is 2.36. The summed E-state index contributed by atoms with van der Waals surface area (Å²) in [6, 6.07) is 11.9. The molecular formula is C19H16N2O2S2. The number of fused-ring (bicyclic) bond motifs is 1. The first kappa shape index (κ1) is 16.2. The van der Waals surface area contributed by atoms with E-state index in [1.807, 2.05) is 37.4 Å². The first-order chi connectivity index (χ1) is 12.1. The molecule has 0 aliphatic carbocycles. The molecule has 1 fully saturated rings. The average molecular weight is 368 g/mol. The lowest BCUT2D eigenvalue weighted by molar-refractivity contribution is -0.122. The van der Waals surface area contributed by atoms with Gasteiger partial charge in [-0.05, 0) is 31.2 Å². The summed E-state index contributed by atoms with van der Waals surface area (Å²) >= 11 is 6.74. The van der Waals surface area contributed by atoms with Crippen molar-refractivity contribution in [1.29, 1.82) is 0 Å². The van der Waals surface area contributed by atoms with Crippen molar-refractivity contribution in [2.45, 2.75) is 13.5 Å². The van der Waals surface area contributed by atoms with Gasteiger partial charge in [0.05, 0.1) is 17.7 Å². The number of carbonyl (C=O) groups excluding carboxylic acids is 1. The van der Waals surface area contributed by atoms with Crippen LogP contribution in [0.15, 0.2) is 52.0 Å². The molecule has 0 spiro atoms. The molecule has 0 radical (unpaired) electrons. The van der Waals surface area contributed by atoms with Crippen molar-refractivity contribution < 1.29 is 9.21 Å². The van der Waals surface area contributed by atoms with Crippen molar-refractivity contribution in [3.05, 3.63) is 64.6 Å². The number of thiocarbonyl (C=S) groups is 1. The molecule has 1 aliphatic rings. The lowest BCUT2D eigenvalue weighted by atomic mass is 10.1. The molecule has 1 amide bonds. The number of hydrogen-bond donors (Lipinski definition) is 0. The van der Waals surface area contributed by atoms with Crippen molar-refractivity contribution in [3.63, 3.8) is 0 Å².